The molecule has 0 saturated heterocycles. The average molecular weight is 204 g/mol. The monoisotopic (exact) mass is 204 g/mol. The second-order valence-corrected chi connectivity index (χ2v) is 4.54. The molecule has 1 aromatic carbocycles. The van der Waals surface area contributed by atoms with Crippen molar-refractivity contribution >= 4 is 5.69 Å². The van der Waals surface area contributed by atoms with Crippen molar-refractivity contribution in [2.45, 2.75) is 38.3 Å². The quantitative estimate of drug-likeness (QED) is 0.820. The van der Waals surface area contributed by atoms with Crippen LogP contribution in [0.25, 0.3) is 0 Å². The fourth-order valence-electron chi connectivity index (χ4n) is 2.16. The molecule has 1 atom stereocenters. The second kappa shape index (κ2) is 4.23. The van der Waals surface area contributed by atoms with Crippen LogP contribution in [-0.4, -0.2) is 13.1 Å². The predicted molar refractivity (Wildman–Crippen MR) is 65.1 cm³/mol. The van der Waals surface area contributed by atoms with Crippen molar-refractivity contribution in [3.8, 4) is 0 Å². The summed E-state index contributed by atoms with van der Waals surface area (Å²) in [7, 11) is 2.19. The molecule has 1 aromatic rings. The van der Waals surface area contributed by atoms with Crippen LogP contribution in [0.2, 0.25) is 0 Å². The number of para-hydroxylation sites is 1. The van der Waals surface area contributed by atoms with E-state index >= 15 is 0 Å². The van der Waals surface area contributed by atoms with E-state index in [1.807, 2.05) is 6.92 Å². The van der Waals surface area contributed by atoms with Gasteiger partial charge in [0, 0.05) is 24.8 Å². The summed E-state index contributed by atoms with van der Waals surface area (Å²) in [6, 6.07) is 9.31. The molecule has 0 heterocycles. The molecule has 0 unspecified atom stereocenters. The van der Waals surface area contributed by atoms with Crippen LogP contribution in [0.5, 0.6) is 0 Å². The van der Waals surface area contributed by atoms with Crippen LogP contribution in [0.4, 0.5) is 5.69 Å². The zero-order valence-electron chi connectivity index (χ0n) is 9.61. The molecule has 0 spiro atoms. The Labute approximate surface area is 92.1 Å². The van der Waals surface area contributed by atoms with Crippen LogP contribution in [0.1, 0.15) is 37.8 Å². The molecular weight excluding hydrogens is 184 g/mol. The number of hydrogen-bond donors (Lipinski definition) is 1. The molecule has 0 aromatic heterocycles. The fraction of sp³-hybridized carbons (Fsp3) is 0.538. The van der Waals surface area contributed by atoms with Gasteiger partial charge in [-0.3, -0.25) is 0 Å². The topological polar surface area (TPSA) is 29.3 Å². The SMILES string of the molecule is C[C@@H](N)c1ccccc1N(C)C1CCC1. The molecule has 15 heavy (non-hydrogen) atoms. The standard InChI is InChI=1S/C13H20N2/c1-10(14)12-8-3-4-9-13(12)15(2)11-6-5-7-11/h3-4,8-11H,5-7,14H2,1-2H3/t10-/m1/s1. The fourth-order valence-corrected chi connectivity index (χ4v) is 2.16. The Bertz CT molecular complexity index is 329. The van der Waals surface area contributed by atoms with Gasteiger partial charge in [-0.05, 0) is 37.8 Å². The Balaban J connectivity index is 2.25. The number of anilines is 1. The molecule has 2 nitrogen and oxygen atoms in total. The third-order valence-electron chi connectivity index (χ3n) is 3.43. The summed E-state index contributed by atoms with van der Waals surface area (Å²) >= 11 is 0. The van der Waals surface area contributed by atoms with Gasteiger partial charge in [0.2, 0.25) is 0 Å². The first-order valence-electron chi connectivity index (χ1n) is 5.77. The lowest BCUT2D eigenvalue weighted by Crippen LogP contribution is -2.37. The van der Waals surface area contributed by atoms with Crippen molar-refractivity contribution in [1.29, 1.82) is 0 Å². The molecule has 0 radical (unpaired) electrons. The van der Waals surface area contributed by atoms with E-state index in [1.165, 1.54) is 30.5 Å². The van der Waals surface area contributed by atoms with E-state index in [0.29, 0.717) is 0 Å². The predicted octanol–water partition coefficient (Wildman–Crippen LogP) is 2.70. The smallest absolute Gasteiger partial charge is 0.0414 e. The van der Waals surface area contributed by atoms with E-state index in [-0.39, 0.29) is 6.04 Å². The summed E-state index contributed by atoms with van der Waals surface area (Å²) in [5.74, 6) is 0. The van der Waals surface area contributed by atoms with Crippen LogP contribution in [0, 0.1) is 0 Å². The van der Waals surface area contributed by atoms with E-state index in [9.17, 15) is 0 Å². The largest absolute Gasteiger partial charge is 0.371 e. The molecule has 2 heteroatoms. The van der Waals surface area contributed by atoms with Crippen LogP contribution < -0.4 is 10.6 Å². The lowest BCUT2D eigenvalue weighted by atomic mass is 9.90. The second-order valence-electron chi connectivity index (χ2n) is 4.54. The molecule has 1 fully saturated rings. The number of nitrogens with two attached hydrogens (primary N) is 1. The summed E-state index contributed by atoms with van der Waals surface area (Å²) < 4.78 is 0. The van der Waals surface area contributed by atoms with Crippen molar-refractivity contribution in [3.05, 3.63) is 29.8 Å². The van der Waals surface area contributed by atoms with Gasteiger partial charge in [-0.1, -0.05) is 18.2 Å². The summed E-state index contributed by atoms with van der Waals surface area (Å²) in [4.78, 5) is 2.39. The van der Waals surface area contributed by atoms with E-state index in [1.54, 1.807) is 0 Å². The molecule has 1 saturated carbocycles. The van der Waals surface area contributed by atoms with Gasteiger partial charge in [-0.2, -0.15) is 0 Å². The first-order chi connectivity index (χ1) is 7.20. The van der Waals surface area contributed by atoms with Crippen molar-refractivity contribution in [2.75, 3.05) is 11.9 Å². The maximum atomic E-state index is 5.99. The first kappa shape index (κ1) is 10.5. The van der Waals surface area contributed by atoms with Gasteiger partial charge in [-0.15, -0.1) is 0 Å². The normalized spacial score (nSPS) is 18.3. The average Bonchev–Trinajstić information content (AvgIpc) is 2.15. The van der Waals surface area contributed by atoms with Crippen LogP contribution in [0.15, 0.2) is 24.3 Å². The van der Waals surface area contributed by atoms with E-state index in [0.717, 1.165) is 6.04 Å². The Hall–Kier alpha value is -1.02. The third kappa shape index (κ3) is 2.00. The minimum atomic E-state index is 0.115. The minimum Gasteiger partial charge on any atom is -0.371 e. The minimum absolute atomic E-state index is 0.115. The third-order valence-corrected chi connectivity index (χ3v) is 3.43. The highest BCUT2D eigenvalue weighted by Gasteiger charge is 2.23. The summed E-state index contributed by atoms with van der Waals surface area (Å²) in [6.45, 7) is 2.05. The molecular formula is C13H20N2. The van der Waals surface area contributed by atoms with Crippen LogP contribution >= 0.6 is 0 Å². The lowest BCUT2D eigenvalue weighted by molar-refractivity contribution is 0.400. The first-order valence-corrected chi connectivity index (χ1v) is 5.77. The highest BCUT2D eigenvalue weighted by Crippen LogP contribution is 2.31. The van der Waals surface area contributed by atoms with Gasteiger partial charge in [0.05, 0.1) is 0 Å². The summed E-state index contributed by atoms with van der Waals surface area (Å²) in [5.41, 5.74) is 8.54. The van der Waals surface area contributed by atoms with Crippen molar-refractivity contribution in [1.82, 2.24) is 0 Å². The highest BCUT2D eigenvalue weighted by molar-refractivity contribution is 5.55. The van der Waals surface area contributed by atoms with Crippen molar-refractivity contribution in [3.63, 3.8) is 0 Å². The van der Waals surface area contributed by atoms with E-state index in [2.05, 4.69) is 36.2 Å². The van der Waals surface area contributed by atoms with Gasteiger partial charge < -0.3 is 10.6 Å². The van der Waals surface area contributed by atoms with Gasteiger partial charge in [-0.25, -0.2) is 0 Å². The number of nitrogens with zero attached hydrogens (tertiary/aromatic N) is 1. The van der Waals surface area contributed by atoms with E-state index < -0.39 is 0 Å². The molecule has 0 amide bonds. The maximum Gasteiger partial charge on any atom is 0.0414 e. The molecule has 1 aliphatic rings. The Morgan fingerprint density at radius 2 is 2.00 bits per heavy atom. The molecule has 2 rings (SSSR count). The lowest BCUT2D eigenvalue weighted by Gasteiger charge is -2.37. The van der Waals surface area contributed by atoms with Crippen molar-refractivity contribution < 1.29 is 0 Å². The van der Waals surface area contributed by atoms with Crippen LogP contribution in [0.3, 0.4) is 0 Å². The number of rotatable bonds is 3. The van der Waals surface area contributed by atoms with Gasteiger partial charge in [0.1, 0.15) is 0 Å². The van der Waals surface area contributed by atoms with Crippen LogP contribution in [-0.2, 0) is 0 Å². The number of hydrogen-bond acceptors (Lipinski definition) is 2. The van der Waals surface area contributed by atoms with Crippen molar-refractivity contribution in [2.24, 2.45) is 5.73 Å². The number of benzene rings is 1. The highest BCUT2D eigenvalue weighted by atomic mass is 15.1. The van der Waals surface area contributed by atoms with Gasteiger partial charge >= 0.3 is 0 Å². The summed E-state index contributed by atoms with van der Waals surface area (Å²) in [5, 5.41) is 0. The maximum absolute atomic E-state index is 5.99. The Kier molecular flexibility index (Phi) is 2.96. The Morgan fingerprint density at radius 1 is 1.33 bits per heavy atom. The molecule has 1 aliphatic carbocycles. The summed E-state index contributed by atoms with van der Waals surface area (Å²) in [6.07, 6.45) is 4.02. The van der Waals surface area contributed by atoms with E-state index in [4.69, 9.17) is 5.73 Å². The zero-order valence-corrected chi connectivity index (χ0v) is 9.61. The van der Waals surface area contributed by atoms with Gasteiger partial charge in [0.25, 0.3) is 0 Å². The van der Waals surface area contributed by atoms with Gasteiger partial charge in [0.15, 0.2) is 0 Å². The molecule has 2 N–H and O–H groups in total. The molecule has 82 valence electrons. The molecule has 0 aliphatic heterocycles. The Morgan fingerprint density at radius 3 is 2.53 bits per heavy atom. The zero-order chi connectivity index (χ0) is 10.8. The molecule has 0 bridgehead atoms.